The van der Waals surface area contributed by atoms with Crippen molar-refractivity contribution in [2.75, 3.05) is 11.4 Å². The zero-order chi connectivity index (χ0) is 18.2. The van der Waals surface area contributed by atoms with Gasteiger partial charge in [-0.15, -0.1) is 0 Å². The van der Waals surface area contributed by atoms with E-state index in [9.17, 15) is 9.59 Å². The second-order valence-corrected chi connectivity index (χ2v) is 5.86. The summed E-state index contributed by atoms with van der Waals surface area (Å²) in [6.07, 6.45) is 0.833. The number of nitrogens with one attached hydrogen (secondary N) is 1. The van der Waals surface area contributed by atoms with Crippen molar-refractivity contribution in [1.82, 2.24) is 5.32 Å². The van der Waals surface area contributed by atoms with Crippen molar-refractivity contribution in [3.8, 4) is 11.5 Å². The van der Waals surface area contributed by atoms with E-state index in [0.717, 1.165) is 6.42 Å². The molecule has 0 aliphatic carbocycles. The number of hydrogen-bond donors (Lipinski definition) is 1. The first-order valence-corrected chi connectivity index (χ1v) is 8.40. The molecule has 132 valence electrons. The maximum atomic E-state index is 12.2. The smallest absolute Gasteiger partial charge is 0.240 e. The van der Waals surface area contributed by atoms with Gasteiger partial charge in [-0.2, -0.15) is 0 Å². The molecule has 0 aliphatic rings. The van der Waals surface area contributed by atoms with Crippen molar-refractivity contribution in [3.05, 3.63) is 54.6 Å². The minimum absolute atomic E-state index is 0.0468. The molecule has 0 saturated carbocycles. The van der Waals surface area contributed by atoms with Crippen LogP contribution in [0.5, 0.6) is 11.5 Å². The number of nitrogens with zero attached hydrogens (tertiary/aromatic N) is 1. The molecule has 0 radical (unpaired) electrons. The molecule has 2 aromatic carbocycles. The molecule has 0 aliphatic heterocycles. The third-order valence-corrected chi connectivity index (χ3v) is 3.83. The average Bonchev–Trinajstić information content (AvgIpc) is 2.61. The Morgan fingerprint density at radius 2 is 1.72 bits per heavy atom. The van der Waals surface area contributed by atoms with Crippen LogP contribution in [0.25, 0.3) is 0 Å². The lowest BCUT2D eigenvalue weighted by molar-refractivity contribution is -0.123. The number of benzene rings is 2. The summed E-state index contributed by atoms with van der Waals surface area (Å²) in [5.41, 5.74) is 0.568. The van der Waals surface area contributed by atoms with E-state index in [2.05, 4.69) is 5.32 Å². The lowest BCUT2D eigenvalue weighted by Gasteiger charge is -2.24. The Morgan fingerprint density at radius 1 is 1.08 bits per heavy atom. The van der Waals surface area contributed by atoms with Crippen LogP contribution in [0.15, 0.2) is 54.6 Å². The van der Waals surface area contributed by atoms with E-state index >= 15 is 0 Å². The van der Waals surface area contributed by atoms with Gasteiger partial charge in [-0.05, 0) is 37.6 Å². The Bertz CT molecular complexity index is 716. The molecule has 1 unspecified atom stereocenters. The van der Waals surface area contributed by atoms with Crippen LogP contribution in [0.2, 0.25) is 0 Å². The Morgan fingerprint density at radius 3 is 2.36 bits per heavy atom. The van der Waals surface area contributed by atoms with Gasteiger partial charge in [-0.1, -0.05) is 37.3 Å². The van der Waals surface area contributed by atoms with Gasteiger partial charge in [0.15, 0.2) is 5.75 Å². The minimum atomic E-state index is -0.219. The number of rotatable bonds is 7. The highest BCUT2D eigenvalue weighted by Crippen LogP contribution is 2.32. The van der Waals surface area contributed by atoms with E-state index < -0.39 is 0 Å². The normalized spacial score (nSPS) is 11.5. The van der Waals surface area contributed by atoms with Crippen LogP contribution >= 0.6 is 0 Å². The summed E-state index contributed by atoms with van der Waals surface area (Å²) in [4.78, 5) is 25.8. The Hall–Kier alpha value is -2.82. The topological polar surface area (TPSA) is 58.6 Å². The molecule has 2 rings (SSSR count). The molecule has 1 atom stereocenters. The molecule has 25 heavy (non-hydrogen) atoms. The molecular formula is C20H24N2O3. The van der Waals surface area contributed by atoms with Gasteiger partial charge in [0.1, 0.15) is 12.3 Å². The molecule has 0 spiro atoms. The zero-order valence-corrected chi connectivity index (χ0v) is 14.9. The van der Waals surface area contributed by atoms with Crippen molar-refractivity contribution in [1.29, 1.82) is 0 Å². The SMILES string of the molecule is CCC(C)NC(=O)CN(C(C)=O)c1ccccc1Oc1ccccc1. The molecule has 0 aromatic heterocycles. The summed E-state index contributed by atoms with van der Waals surface area (Å²) >= 11 is 0. The van der Waals surface area contributed by atoms with Gasteiger partial charge in [0, 0.05) is 13.0 Å². The maximum absolute atomic E-state index is 12.2. The van der Waals surface area contributed by atoms with Crippen LogP contribution in [-0.2, 0) is 9.59 Å². The standard InChI is InChI=1S/C20H24N2O3/c1-4-15(2)21-20(24)14-22(16(3)23)18-12-8-9-13-19(18)25-17-10-6-5-7-11-17/h5-13,15H,4,14H2,1-3H3,(H,21,24). The Labute approximate surface area is 148 Å². The van der Waals surface area contributed by atoms with E-state index in [0.29, 0.717) is 17.2 Å². The van der Waals surface area contributed by atoms with Gasteiger partial charge in [0.2, 0.25) is 11.8 Å². The monoisotopic (exact) mass is 340 g/mol. The van der Waals surface area contributed by atoms with E-state index in [1.54, 1.807) is 12.1 Å². The third kappa shape index (κ3) is 5.35. The third-order valence-electron chi connectivity index (χ3n) is 3.83. The predicted molar refractivity (Wildman–Crippen MR) is 98.9 cm³/mol. The number of anilines is 1. The van der Waals surface area contributed by atoms with Gasteiger partial charge in [-0.25, -0.2) is 0 Å². The van der Waals surface area contributed by atoms with Crippen LogP contribution in [0, 0.1) is 0 Å². The zero-order valence-electron chi connectivity index (χ0n) is 14.9. The van der Waals surface area contributed by atoms with E-state index in [4.69, 9.17) is 4.74 Å². The highest BCUT2D eigenvalue weighted by molar-refractivity contribution is 5.98. The number of carbonyl (C=O) groups is 2. The Balaban J connectivity index is 2.23. The van der Waals surface area contributed by atoms with Crippen LogP contribution in [0.4, 0.5) is 5.69 Å². The highest BCUT2D eigenvalue weighted by atomic mass is 16.5. The van der Waals surface area contributed by atoms with Gasteiger partial charge < -0.3 is 10.1 Å². The highest BCUT2D eigenvalue weighted by Gasteiger charge is 2.20. The predicted octanol–water partition coefficient (Wildman–Crippen LogP) is 3.75. The summed E-state index contributed by atoms with van der Waals surface area (Å²) in [7, 11) is 0. The molecular weight excluding hydrogens is 316 g/mol. The van der Waals surface area contributed by atoms with E-state index in [1.165, 1.54) is 11.8 Å². The number of hydrogen-bond acceptors (Lipinski definition) is 3. The number of ether oxygens (including phenoxy) is 1. The fraction of sp³-hybridized carbons (Fsp3) is 0.300. The summed E-state index contributed by atoms with van der Waals surface area (Å²) < 4.78 is 5.90. The van der Waals surface area contributed by atoms with Crippen LogP contribution in [0.1, 0.15) is 27.2 Å². The average molecular weight is 340 g/mol. The summed E-state index contributed by atoms with van der Waals surface area (Å²) in [5.74, 6) is 0.783. The largest absolute Gasteiger partial charge is 0.455 e. The van der Waals surface area contributed by atoms with Crippen LogP contribution < -0.4 is 15.0 Å². The lowest BCUT2D eigenvalue weighted by Crippen LogP contribution is -2.42. The summed E-state index contributed by atoms with van der Waals surface area (Å²) in [6, 6.07) is 16.6. The van der Waals surface area contributed by atoms with E-state index in [-0.39, 0.29) is 24.4 Å². The van der Waals surface area contributed by atoms with Gasteiger partial charge in [-0.3, -0.25) is 14.5 Å². The number of amides is 2. The van der Waals surface area contributed by atoms with Crippen LogP contribution in [-0.4, -0.2) is 24.4 Å². The van der Waals surface area contributed by atoms with Crippen molar-refractivity contribution in [3.63, 3.8) is 0 Å². The fourth-order valence-corrected chi connectivity index (χ4v) is 2.31. The van der Waals surface area contributed by atoms with Gasteiger partial charge in [0.05, 0.1) is 5.69 Å². The second kappa shape index (κ2) is 8.87. The summed E-state index contributed by atoms with van der Waals surface area (Å²) in [6.45, 7) is 5.32. The first-order chi connectivity index (χ1) is 12.0. The fourth-order valence-electron chi connectivity index (χ4n) is 2.31. The van der Waals surface area contributed by atoms with Crippen LogP contribution in [0.3, 0.4) is 0 Å². The summed E-state index contributed by atoms with van der Waals surface area (Å²) in [5, 5.41) is 2.88. The molecule has 2 aromatic rings. The maximum Gasteiger partial charge on any atom is 0.240 e. The molecule has 0 saturated heterocycles. The lowest BCUT2D eigenvalue weighted by atomic mass is 10.2. The van der Waals surface area contributed by atoms with Crippen molar-refractivity contribution in [2.45, 2.75) is 33.2 Å². The van der Waals surface area contributed by atoms with E-state index in [1.807, 2.05) is 56.3 Å². The number of para-hydroxylation sites is 3. The van der Waals surface area contributed by atoms with Crippen molar-refractivity contribution >= 4 is 17.5 Å². The molecule has 0 fully saturated rings. The van der Waals surface area contributed by atoms with Crippen molar-refractivity contribution < 1.29 is 14.3 Å². The number of carbonyl (C=O) groups excluding carboxylic acids is 2. The van der Waals surface area contributed by atoms with Gasteiger partial charge >= 0.3 is 0 Å². The first kappa shape index (κ1) is 18.5. The molecule has 2 amide bonds. The molecule has 5 heteroatoms. The second-order valence-electron chi connectivity index (χ2n) is 5.86. The molecule has 1 N–H and O–H groups in total. The Kier molecular flexibility index (Phi) is 6.57. The molecule has 0 heterocycles. The minimum Gasteiger partial charge on any atom is -0.455 e. The first-order valence-electron chi connectivity index (χ1n) is 8.40. The quantitative estimate of drug-likeness (QED) is 0.835. The van der Waals surface area contributed by atoms with Gasteiger partial charge in [0.25, 0.3) is 0 Å². The molecule has 0 bridgehead atoms. The van der Waals surface area contributed by atoms with Crippen molar-refractivity contribution in [2.24, 2.45) is 0 Å². The molecule has 5 nitrogen and oxygen atoms in total.